The Hall–Kier alpha value is -1.06. The molecule has 0 rings (SSSR count). The Balaban J connectivity index is 0. The maximum atomic E-state index is 10.4. The van der Waals surface area contributed by atoms with Crippen molar-refractivity contribution in [1.82, 2.24) is 0 Å². The third kappa shape index (κ3) is 50.0. The van der Waals surface area contributed by atoms with Crippen molar-refractivity contribution >= 4 is 11.9 Å². The van der Waals surface area contributed by atoms with E-state index >= 15 is 0 Å². The first-order valence-electron chi connectivity index (χ1n) is 20.5. The van der Waals surface area contributed by atoms with Crippen molar-refractivity contribution in [2.24, 2.45) is 0 Å². The first kappa shape index (κ1) is 46.1. The standard InChI is InChI=1S/C22H44O2.C19H38O2/c1-2-3-4-5-6-7-8-9-10-11-12-13-14-15-16-17-18-19-20-21-22(23)24;1-2-3-4-5-6-7-8-9-10-11-12-13-14-15-16-17-18-19(20)21/h2-21H2,1H3,(H,23,24);2-18H2,1H3,(H,20,21). The van der Waals surface area contributed by atoms with Gasteiger partial charge in [-0.1, -0.05) is 226 Å². The van der Waals surface area contributed by atoms with Crippen LogP contribution in [0, 0.1) is 0 Å². The molecule has 45 heavy (non-hydrogen) atoms. The fourth-order valence-corrected chi connectivity index (χ4v) is 6.18. The van der Waals surface area contributed by atoms with Crippen molar-refractivity contribution in [1.29, 1.82) is 0 Å². The van der Waals surface area contributed by atoms with Crippen LogP contribution in [0.1, 0.15) is 251 Å². The third-order valence-electron chi connectivity index (χ3n) is 9.24. The number of carboxylic acid groups (broad SMARTS) is 2. The molecule has 4 heteroatoms. The molecule has 0 aromatic heterocycles. The Bertz CT molecular complexity index is 562. The van der Waals surface area contributed by atoms with E-state index < -0.39 is 11.9 Å². The zero-order valence-corrected chi connectivity index (χ0v) is 30.9. The Morgan fingerprint density at radius 2 is 0.400 bits per heavy atom. The number of unbranched alkanes of at least 4 members (excludes halogenated alkanes) is 33. The summed E-state index contributed by atoms with van der Waals surface area (Å²) >= 11 is 0. The Morgan fingerprint density at radius 1 is 0.267 bits per heavy atom. The van der Waals surface area contributed by atoms with Crippen molar-refractivity contribution in [2.45, 2.75) is 251 Å². The van der Waals surface area contributed by atoms with Crippen LogP contribution in [0.5, 0.6) is 0 Å². The summed E-state index contributed by atoms with van der Waals surface area (Å²) in [4.78, 5) is 20.7. The molecule has 0 fully saturated rings. The van der Waals surface area contributed by atoms with E-state index in [9.17, 15) is 9.59 Å². The average Bonchev–Trinajstić information content (AvgIpc) is 3.02. The highest BCUT2D eigenvalue weighted by molar-refractivity contribution is 5.66. The summed E-state index contributed by atoms with van der Waals surface area (Å²) in [6.07, 6.45) is 47.8. The van der Waals surface area contributed by atoms with E-state index in [1.165, 1.54) is 199 Å². The number of hydrogen-bond acceptors (Lipinski definition) is 2. The molecule has 0 amide bonds. The van der Waals surface area contributed by atoms with Gasteiger partial charge in [0.25, 0.3) is 0 Å². The van der Waals surface area contributed by atoms with Crippen LogP contribution in [-0.2, 0) is 9.59 Å². The van der Waals surface area contributed by atoms with Crippen molar-refractivity contribution in [3.8, 4) is 0 Å². The topological polar surface area (TPSA) is 74.6 Å². The first-order chi connectivity index (χ1) is 22.0. The maximum Gasteiger partial charge on any atom is 0.303 e. The van der Waals surface area contributed by atoms with E-state index in [1.807, 2.05) is 0 Å². The molecule has 0 heterocycles. The maximum absolute atomic E-state index is 10.4. The lowest BCUT2D eigenvalue weighted by molar-refractivity contribution is -0.138. The van der Waals surface area contributed by atoms with Gasteiger partial charge in [0.2, 0.25) is 0 Å². The lowest BCUT2D eigenvalue weighted by Crippen LogP contribution is -1.93. The second-order valence-corrected chi connectivity index (χ2v) is 14.0. The zero-order valence-electron chi connectivity index (χ0n) is 30.9. The Morgan fingerprint density at radius 3 is 0.533 bits per heavy atom. The van der Waals surface area contributed by atoms with Crippen LogP contribution in [0.15, 0.2) is 0 Å². The number of carbonyl (C=O) groups is 2. The second kappa shape index (κ2) is 42.9. The third-order valence-corrected chi connectivity index (χ3v) is 9.24. The molecule has 2 N–H and O–H groups in total. The van der Waals surface area contributed by atoms with E-state index in [4.69, 9.17) is 10.2 Å². The molecule has 0 atom stereocenters. The largest absolute Gasteiger partial charge is 0.481 e. The molecule has 0 spiro atoms. The predicted molar refractivity (Wildman–Crippen MR) is 197 cm³/mol. The minimum Gasteiger partial charge on any atom is -0.481 e. The van der Waals surface area contributed by atoms with Gasteiger partial charge in [0.1, 0.15) is 0 Å². The zero-order chi connectivity index (χ0) is 33.3. The average molecular weight is 639 g/mol. The highest BCUT2D eigenvalue weighted by atomic mass is 16.4. The lowest BCUT2D eigenvalue weighted by atomic mass is 10.0. The van der Waals surface area contributed by atoms with E-state index in [0.717, 1.165) is 25.7 Å². The molecular weight excluding hydrogens is 556 g/mol. The molecule has 270 valence electrons. The molecule has 0 bridgehead atoms. The predicted octanol–water partition coefficient (Wildman–Crippen LogP) is 14.6. The van der Waals surface area contributed by atoms with Gasteiger partial charge in [-0.25, -0.2) is 0 Å². The summed E-state index contributed by atoms with van der Waals surface area (Å²) in [5.74, 6) is -1.30. The van der Waals surface area contributed by atoms with Crippen LogP contribution in [0.25, 0.3) is 0 Å². The van der Waals surface area contributed by atoms with Gasteiger partial charge in [-0.3, -0.25) is 9.59 Å². The fraction of sp³-hybridized carbons (Fsp3) is 0.951. The van der Waals surface area contributed by atoms with E-state index in [-0.39, 0.29) is 0 Å². The fourth-order valence-electron chi connectivity index (χ4n) is 6.18. The van der Waals surface area contributed by atoms with Crippen LogP contribution in [0.4, 0.5) is 0 Å². The van der Waals surface area contributed by atoms with Crippen molar-refractivity contribution < 1.29 is 19.8 Å². The molecule has 0 aromatic carbocycles. The van der Waals surface area contributed by atoms with E-state index in [2.05, 4.69) is 13.8 Å². The highest BCUT2D eigenvalue weighted by Crippen LogP contribution is 2.16. The quantitative estimate of drug-likeness (QED) is 0.0664. The monoisotopic (exact) mass is 639 g/mol. The van der Waals surface area contributed by atoms with Gasteiger partial charge in [-0.15, -0.1) is 0 Å². The van der Waals surface area contributed by atoms with Gasteiger partial charge in [0.05, 0.1) is 0 Å². The first-order valence-corrected chi connectivity index (χ1v) is 20.5. The molecule has 0 saturated heterocycles. The number of carboxylic acids is 2. The van der Waals surface area contributed by atoms with Crippen molar-refractivity contribution in [2.75, 3.05) is 0 Å². The summed E-state index contributed by atoms with van der Waals surface area (Å²) in [6, 6.07) is 0. The SMILES string of the molecule is CCCCCCCCCCCCCCCCCCC(=O)O.CCCCCCCCCCCCCCCCCCCCCC(=O)O. The molecule has 0 unspecified atom stereocenters. The van der Waals surface area contributed by atoms with E-state index in [1.54, 1.807) is 0 Å². The summed E-state index contributed by atoms with van der Waals surface area (Å²) in [7, 11) is 0. The minimum atomic E-state index is -0.652. The van der Waals surface area contributed by atoms with Gasteiger partial charge in [-0.05, 0) is 12.8 Å². The van der Waals surface area contributed by atoms with Gasteiger partial charge < -0.3 is 10.2 Å². The molecule has 0 aliphatic rings. The van der Waals surface area contributed by atoms with Gasteiger partial charge in [-0.2, -0.15) is 0 Å². The van der Waals surface area contributed by atoms with Gasteiger partial charge in [0, 0.05) is 12.8 Å². The van der Waals surface area contributed by atoms with Gasteiger partial charge in [0.15, 0.2) is 0 Å². The molecular formula is C41H82O4. The van der Waals surface area contributed by atoms with E-state index in [0.29, 0.717) is 12.8 Å². The smallest absolute Gasteiger partial charge is 0.303 e. The van der Waals surface area contributed by atoms with Gasteiger partial charge >= 0.3 is 11.9 Å². The second-order valence-electron chi connectivity index (χ2n) is 14.0. The summed E-state index contributed by atoms with van der Waals surface area (Å²) in [5, 5.41) is 17.1. The van der Waals surface area contributed by atoms with Crippen LogP contribution in [-0.4, -0.2) is 22.2 Å². The summed E-state index contributed by atoms with van der Waals surface area (Å²) in [6.45, 7) is 4.56. The van der Waals surface area contributed by atoms with Crippen LogP contribution in [0.3, 0.4) is 0 Å². The molecule has 4 nitrogen and oxygen atoms in total. The van der Waals surface area contributed by atoms with Crippen LogP contribution in [0.2, 0.25) is 0 Å². The highest BCUT2D eigenvalue weighted by Gasteiger charge is 1.99. The molecule has 0 aliphatic heterocycles. The summed E-state index contributed by atoms with van der Waals surface area (Å²) < 4.78 is 0. The Labute approximate surface area is 282 Å². The number of aliphatic carboxylic acids is 2. The minimum absolute atomic E-state index is 0.346. The Kier molecular flexibility index (Phi) is 44.0. The number of hydrogen-bond donors (Lipinski definition) is 2. The normalized spacial score (nSPS) is 11.0. The molecule has 0 aliphatic carbocycles. The molecule has 0 aromatic rings. The molecule has 0 radical (unpaired) electrons. The lowest BCUT2D eigenvalue weighted by Gasteiger charge is -2.03. The van der Waals surface area contributed by atoms with Crippen molar-refractivity contribution in [3.05, 3.63) is 0 Å². The van der Waals surface area contributed by atoms with Crippen LogP contribution >= 0.6 is 0 Å². The van der Waals surface area contributed by atoms with Crippen molar-refractivity contribution in [3.63, 3.8) is 0 Å². The number of rotatable bonds is 37. The van der Waals surface area contributed by atoms with Crippen LogP contribution < -0.4 is 0 Å². The molecule has 0 saturated carbocycles. The summed E-state index contributed by atoms with van der Waals surface area (Å²) in [5.41, 5.74) is 0.